The molecule has 0 spiro atoms. The third kappa shape index (κ3) is 30.3. The molecule has 21 fully saturated rings. The molecular formula is C77H140O49. The lowest BCUT2D eigenvalue weighted by atomic mass is 9.94. The molecule has 0 saturated carbocycles. The largest absolute Gasteiger partial charge is 0.394 e. The topological polar surface area (TPSA) is 606 Å². The van der Waals surface area contributed by atoms with Crippen LogP contribution in [0.3, 0.4) is 0 Å². The van der Waals surface area contributed by atoms with E-state index in [0.717, 1.165) is 0 Å². The van der Waals surface area contributed by atoms with E-state index in [-0.39, 0.29) is 46.2 Å². The van der Waals surface area contributed by atoms with Crippen molar-refractivity contribution in [3.63, 3.8) is 0 Å². The van der Waals surface area contributed by atoms with Crippen LogP contribution in [0.5, 0.6) is 0 Å². The summed E-state index contributed by atoms with van der Waals surface area (Å²) in [5.74, 6) is 0. The zero-order valence-corrected chi connectivity index (χ0v) is 72.5. The molecular weight excluding hydrogens is 1710 g/mol. The first-order valence-electron chi connectivity index (χ1n) is 42.4. The van der Waals surface area contributed by atoms with Crippen LogP contribution in [0.25, 0.3) is 0 Å². The van der Waals surface area contributed by atoms with Gasteiger partial charge in [-0.3, -0.25) is 0 Å². The predicted octanol–water partition coefficient (Wildman–Crippen LogP) is -10.4. The van der Waals surface area contributed by atoms with E-state index >= 15 is 0 Å². The van der Waals surface area contributed by atoms with E-state index < -0.39 is 400 Å². The van der Waals surface area contributed by atoms with Crippen LogP contribution in [0.4, 0.5) is 0 Å². The van der Waals surface area contributed by atoms with Crippen molar-refractivity contribution in [3.05, 3.63) is 0 Å². The normalized spacial score (nSPS) is 38.5. The van der Waals surface area contributed by atoms with Crippen molar-refractivity contribution in [1.29, 1.82) is 0 Å². The summed E-state index contributed by atoms with van der Waals surface area (Å²) >= 11 is 0. The van der Waals surface area contributed by atoms with Crippen LogP contribution in [-0.2, 0) is 166 Å². The first-order chi connectivity index (χ1) is 61.7. The molecule has 21 heterocycles. The first-order valence-corrected chi connectivity index (χ1v) is 42.4. The van der Waals surface area contributed by atoms with Gasteiger partial charge in [-0.15, -0.1) is 0 Å². The molecule has 21 aliphatic heterocycles. The Labute approximate surface area is 731 Å². The van der Waals surface area contributed by atoms with E-state index in [9.17, 15) is 71.5 Å². The lowest BCUT2D eigenvalue weighted by Gasteiger charge is -2.53. The standard InChI is InChI=1S/C77H140O49/c1-92-57-50-43(36-99-22-8-78)113-71(64(57)106-29-15-85)121-51-44(37-100-23-9-79)115-73(66(58(51)93-2)108-31-17-87)123-53-46(39-102-25-11-81)117-75(68(60(53)95-4)110-33-19-89)125-55-48(41-104-27-13-83)119-77(70(62(55)97-6)112-35-21-91)126-56-49(42-105-28-14-84)118-76(69(63(56)98-7)111-34-20-90)124-54-47(40-103-26-12-82)116-74(67(61(54)96-5)109-32-18-88)122-52-45(38-101-24-10-80)114-72(120-50)65(59(52)94-3)107-30-16-86/h43-91H,8-42H2,1-7H3/t43-,44-,45-,46-,47-,48-,49-,50-,51-,52-,53-,54-,55-,56-,57+,58+,59+,60+,61+,62+,63+,64-,65-,66-,67-,68-,69-,70-,71-,72-,73-,74-,75-,76-,77-/m1/s1. The molecule has 14 bridgehead atoms. The monoisotopic (exact) mass is 1850 g/mol. The van der Waals surface area contributed by atoms with Gasteiger partial charge in [-0.2, -0.15) is 0 Å². The number of hydrogen-bond donors (Lipinski definition) is 14. The Morgan fingerprint density at radius 2 is 0.262 bits per heavy atom. The van der Waals surface area contributed by atoms with Crippen LogP contribution in [0.2, 0.25) is 0 Å². The fraction of sp³-hybridized carbons (Fsp3) is 1.00. The average Bonchev–Trinajstić information content (AvgIpc) is 0.771. The Kier molecular flexibility index (Phi) is 53.1. The lowest BCUT2D eigenvalue weighted by Crippen LogP contribution is -2.69. The van der Waals surface area contributed by atoms with E-state index in [4.69, 9.17) is 166 Å². The second kappa shape index (κ2) is 61.2. The van der Waals surface area contributed by atoms with E-state index in [0.29, 0.717) is 0 Å². The van der Waals surface area contributed by atoms with Gasteiger partial charge in [0.1, 0.15) is 171 Å². The first kappa shape index (κ1) is 109. The minimum Gasteiger partial charge on any atom is -0.394 e. The molecule has 0 aromatic rings. The molecule has 0 amide bonds. The molecule has 0 radical (unpaired) electrons. The fourth-order valence-electron chi connectivity index (χ4n) is 16.4. The van der Waals surface area contributed by atoms with Gasteiger partial charge < -0.3 is 237 Å². The van der Waals surface area contributed by atoms with Gasteiger partial charge >= 0.3 is 0 Å². The maximum absolute atomic E-state index is 10.6. The minimum atomic E-state index is -1.66. The van der Waals surface area contributed by atoms with Gasteiger partial charge in [0.15, 0.2) is 44.0 Å². The minimum absolute atomic E-state index is 0.257. The quantitative estimate of drug-likeness (QED) is 0.0252. The highest BCUT2D eigenvalue weighted by molar-refractivity contribution is 5.05. The highest BCUT2D eigenvalue weighted by atomic mass is 16.8. The van der Waals surface area contributed by atoms with Crippen LogP contribution < -0.4 is 0 Å². The SMILES string of the molecule is CO[C@@H]1[C@@H](OCCO)[C@H]2O[C@H]3[C@H](OC)[C@@H](OCCO)[C@@H](O[C@H]4[C@H](OC)[C@@H](OCCO)[C@@H](O[C@H]5[C@H](OC)[C@@H](OCCO)[C@@H](O[C@H]6[C@H](OC)[C@@H](OCCO)[C@@H](O[C@H]7[C@H](OC)[C@@H](OCCO)[C@@H](O[C@H]8[C@H](OC)[C@@H](OCCO)[C@@H](O[C@@H]1[C@@H](COCCO)O2)O[C@@H]8COCCO)O[C@@H]7COCCO)O[C@@H]6COCCO)O[C@@H]5COCCO)O[C@@H]4COCCO)O[C@@H]3COCCO. The highest BCUT2D eigenvalue weighted by Gasteiger charge is 2.63. The van der Waals surface area contributed by atoms with Gasteiger partial charge in [0.2, 0.25) is 0 Å². The molecule has 21 rings (SSSR count). The van der Waals surface area contributed by atoms with Crippen molar-refractivity contribution in [1.82, 2.24) is 0 Å². The second-order valence-electron chi connectivity index (χ2n) is 29.4. The molecule has 14 N–H and O–H groups in total. The van der Waals surface area contributed by atoms with Crippen molar-refractivity contribution >= 4 is 0 Å². The number of aliphatic hydroxyl groups excluding tert-OH is 14. The number of aliphatic hydroxyl groups is 14. The summed E-state index contributed by atoms with van der Waals surface area (Å²) in [7, 11) is 9.24. The smallest absolute Gasteiger partial charge is 0.187 e. The molecule has 0 unspecified atom stereocenters. The van der Waals surface area contributed by atoms with Crippen molar-refractivity contribution in [2.24, 2.45) is 0 Å². The zero-order valence-electron chi connectivity index (χ0n) is 72.5. The third-order valence-corrected chi connectivity index (χ3v) is 21.5. The maximum Gasteiger partial charge on any atom is 0.187 e. The summed E-state index contributed by atoms with van der Waals surface area (Å²) in [6.07, 6.45) is -51.2. The molecule has 49 heteroatoms. The van der Waals surface area contributed by atoms with Gasteiger partial charge in [0, 0.05) is 49.8 Å². The van der Waals surface area contributed by atoms with E-state index in [2.05, 4.69) is 0 Å². The van der Waals surface area contributed by atoms with Gasteiger partial charge in [-0.1, -0.05) is 0 Å². The molecule has 126 heavy (non-hydrogen) atoms. The van der Waals surface area contributed by atoms with Crippen LogP contribution in [0.1, 0.15) is 0 Å². The Balaban J connectivity index is 1.38. The van der Waals surface area contributed by atoms with Gasteiger partial charge in [-0.25, -0.2) is 0 Å². The molecule has 0 aromatic carbocycles. The van der Waals surface area contributed by atoms with Crippen molar-refractivity contribution in [3.8, 4) is 0 Å². The van der Waals surface area contributed by atoms with E-state index in [1.165, 1.54) is 49.8 Å². The molecule has 742 valence electrons. The average molecular weight is 1850 g/mol. The zero-order chi connectivity index (χ0) is 90.7. The predicted molar refractivity (Wildman–Crippen MR) is 413 cm³/mol. The van der Waals surface area contributed by atoms with Gasteiger partial charge in [-0.05, 0) is 0 Å². The summed E-state index contributed by atoms with van der Waals surface area (Å²) in [5, 5.41) is 146. The van der Waals surface area contributed by atoms with Gasteiger partial charge in [0.25, 0.3) is 0 Å². The van der Waals surface area contributed by atoms with E-state index in [1.807, 2.05) is 0 Å². The molecule has 21 saturated heterocycles. The summed E-state index contributed by atoms with van der Waals surface area (Å²) in [6.45, 7) is -14.9. The summed E-state index contributed by atoms with van der Waals surface area (Å²) in [4.78, 5) is 0. The number of rotatable bonds is 56. The van der Waals surface area contributed by atoms with Crippen LogP contribution in [0.15, 0.2) is 0 Å². The number of ether oxygens (including phenoxy) is 35. The van der Waals surface area contributed by atoms with Crippen molar-refractivity contribution in [2.75, 3.05) is 281 Å². The highest BCUT2D eigenvalue weighted by Crippen LogP contribution is 2.44. The van der Waals surface area contributed by atoms with Gasteiger partial charge in [0.05, 0.1) is 231 Å². The molecule has 49 nitrogen and oxygen atoms in total. The third-order valence-electron chi connectivity index (χ3n) is 21.5. The Morgan fingerprint density at radius 1 is 0.151 bits per heavy atom. The van der Waals surface area contributed by atoms with Crippen LogP contribution in [-0.4, -0.2) is 567 Å². The summed E-state index contributed by atoms with van der Waals surface area (Å²) < 4.78 is 231. The number of hydrogen-bond acceptors (Lipinski definition) is 49. The summed E-state index contributed by atoms with van der Waals surface area (Å²) in [5.41, 5.74) is 0. The van der Waals surface area contributed by atoms with Crippen molar-refractivity contribution in [2.45, 2.75) is 215 Å². The fourth-order valence-corrected chi connectivity index (χ4v) is 16.4. The Hall–Kier alpha value is -1.96. The molecule has 21 aliphatic rings. The lowest BCUT2D eigenvalue weighted by molar-refractivity contribution is -0.406. The Bertz CT molecular complexity index is 2240. The van der Waals surface area contributed by atoms with Crippen LogP contribution >= 0.6 is 0 Å². The molecule has 35 atom stereocenters. The number of methoxy groups -OCH3 is 7. The molecule has 0 aliphatic carbocycles. The van der Waals surface area contributed by atoms with Crippen molar-refractivity contribution < 1.29 is 237 Å². The summed E-state index contributed by atoms with van der Waals surface area (Å²) in [6, 6.07) is 0. The van der Waals surface area contributed by atoms with Crippen LogP contribution in [0, 0.1) is 0 Å². The molecule has 0 aromatic heterocycles. The Morgan fingerprint density at radius 3 is 0.357 bits per heavy atom. The maximum atomic E-state index is 10.6. The second-order valence-corrected chi connectivity index (χ2v) is 29.4. The van der Waals surface area contributed by atoms with E-state index in [1.54, 1.807) is 0 Å².